The average molecular weight is 298 g/mol. The molecule has 0 fully saturated rings. The molecule has 0 heterocycles. The molecule has 1 rings (SSSR count). The van der Waals surface area contributed by atoms with E-state index in [-0.39, 0.29) is 30.0 Å². The minimum absolute atomic E-state index is 0.0209. The third-order valence-corrected chi connectivity index (χ3v) is 3.82. The Balaban J connectivity index is 2.96. The van der Waals surface area contributed by atoms with Gasteiger partial charge in [-0.05, 0) is 25.3 Å². The van der Waals surface area contributed by atoms with Crippen LogP contribution >= 0.6 is 0 Å². The maximum atomic E-state index is 11.7. The molecule has 0 saturated heterocycles. The molecule has 0 aliphatic heterocycles. The monoisotopic (exact) mass is 298 g/mol. The predicted octanol–water partition coefficient (Wildman–Crippen LogP) is 1.20. The topological polar surface area (TPSA) is 102 Å². The fourth-order valence-corrected chi connectivity index (χ4v) is 2.46. The first-order valence-electron chi connectivity index (χ1n) is 7.57. The highest BCUT2D eigenvalue weighted by Gasteiger charge is 2.35. The first kappa shape index (κ1) is 17.7. The van der Waals surface area contributed by atoms with Crippen LogP contribution in [0.15, 0.2) is 11.6 Å². The summed E-state index contributed by atoms with van der Waals surface area (Å²) in [5, 5.41) is 12.0. The van der Waals surface area contributed by atoms with E-state index < -0.39 is 18.1 Å². The van der Waals surface area contributed by atoms with Gasteiger partial charge in [0, 0.05) is 18.0 Å². The Bertz CT molecular complexity index is 404. The van der Waals surface area contributed by atoms with Crippen LogP contribution in [0.1, 0.15) is 46.5 Å². The second-order valence-electron chi connectivity index (χ2n) is 5.35. The number of aliphatic carboxylic acids is 1. The highest BCUT2D eigenvalue weighted by Crippen LogP contribution is 2.23. The quantitative estimate of drug-likeness (QED) is 0.655. The number of carbonyl (C=O) groups excluding carboxylic acids is 1. The largest absolute Gasteiger partial charge is 0.478 e. The zero-order valence-electron chi connectivity index (χ0n) is 13.0. The molecule has 0 spiro atoms. The van der Waals surface area contributed by atoms with Crippen molar-refractivity contribution in [2.24, 2.45) is 5.73 Å². The molecule has 21 heavy (non-hydrogen) atoms. The van der Waals surface area contributed by atoms with Gasteiger partial charge in [0.15, 0.2) is 0 Å². The van der Waals surface area contributed by atoms with E-state index in [1.165, 1.54) is 0 Å². The number of rotatable bonds is 7. The number of nitrogens with two attached hydrogens (primary N) is 1. The smallest absolute Gasteiger partial charge is 0.331 e. The number of hydrogen-bond donors (Lipinski definition) is 3. The van der Waals surface area contributed by atoms with Crippen molar-refractivity contribution < 1.29 is 19.4 Å². The minimum Gasteiger partial charge on any atom is -0.478 e. The van der Waals surface area contributed by atoms with Gasteiger partial charge in [0.2, 0.25) is 5.91 Å². The Kier molecular flexibility index (Phi) is 6.84. The third kappa shape index (κ3) is 4.82. The summed E-state index contributed by atoms with van der Waals surface area (Å²) in [6.07, 6.45) is 3.35. The number of nitrogens with one attached hydrogen (secondary N) is 1. The SMILES string of the molecule is CCC(=O)N[C@@H]1[C@@H](N)CC(C(=O)O)=C[C@H]1OC(CC)CC. The van der Waals surface area contributed by atoms with Crippen LogP contribution in [0.25, 0.3) is 0 Å². The van der Waals surface area contributed by atoms with Gasteiger partial charge in [-0.2, -0.15) is 0 Å². The summed E-state index contributed by atoms with van der Waals surface area (Å²) >= 11 is 0. The van der Waals surface area contributed by atoms with Crippen LogP contribution in [0, 0.1) is 0 Å². The van der Waals surface area contributed by atoms with Crippen LogP contribution in [-0.4, -0.2) is 41.3 Å². The number of ether oxygens (including phenoxy) is 1. The molecule has 0 aromatic heterocycles. The van der Waals surface area contributed by atoms with Gasteiger partial charge in [0.05, 0.1) is 18.2 Å². The molecule has 1 amide bonds. The normalized spacial score (nSPS) is 25.6. The van der Waals surface area contributed by atoms with Crippen molar-refractivity contribution in [3.8, 4) is 0 Å². The number of carboxylic acid groups (broad SMARTS) is 1. The van der Waals surface area contributed by atoms with E-state index in [1.807, 2.05) is 13.8 Å². The first-order valence-corrected chi connectivity index (χ1v) is 7.57. The van der Waals surface area contributed by atoms with Gasteiger partial charge in [-0.1, -0.05) is 20.8 Å². The Morgan fingerprint density at radius 2 is 2.05 bits per heavy atom. The molecule has 0 bridgehead atoms. The number of carbonyl (C=O) groups is 2. The maximum Gasteiger partial charge on any atom is 0.331 e. The summed E-state index contributed by atoms with van der Waals surface area (Å²) < 4.78 is 5.96. The summed E-state index contributed by atoms with van der Waals surface area (Å²) in [4.78, 5) is 22.8. The lowest BCUT2D eigenvalue weighted by atomic mass is 9.88. The van der Waals surface area contributed by atoms with E-state index >= 15 is 0 Å². The molecule has 0 radical (unpaired) electrons. The van der Waals surface area contributed by atoms with E-state index in [1.54, 1.807) is 13.0 Å². The van der Waals surface area contributed by atoms with E-state index in [0.717, 1.165) is 12.8 Å². The van der Waals surface area contributed by atoms with Gasteiger partial charge in [-0.3, -0.25) is 4.79 Å². The molecule has 1 aliphatic carbocycles. The highest BCUT2D eigenvalue weighted by atomic mass is 16.5. The molecular formula is C15H26N2O4. The van der Waals surface area contributed by atoms with Crippen LogP contribution in [0.2, 0.25) is 0 Å². The third-order valence-electron chi connectivity index (χ3n) is 3.82. The molecule has 4 N–H and O–H groups in total. The predicted molar refractivity (Wildman–Crippen MR) is 79.8 cm³/mol. The Labute approximate surface area is 125 Å². The van der Waals surface area contributed by atoms with Crippen molar-refractivity contribution in [3.05, 3.63) is 11.6 Å². The molecule has 1 aliphatic rings. The molecular weight excluding hydrogens is 272 g/mol. The second-order valence-corrected chi connectivity index (χ2v) is 5.35. The number of hydrogen-bond acceptors (Lipinski definition) is 4. The lowest BCUT2D eigenvalue weighted by Gasteiger charge is -2.36. The van der Waals surface area contributed by atoms with E-state index in [9.17, 15) is 9.59 Å². The van der Waals surface area contributed by atoms with Crippen LogP contribution in [0.4, 0.5) is 0 Å². The summed E-state index contributed by atoms with van der Waals surface area (Å²) in [5.74, 6) is -1.09. The summed E-state index contributed by atoms with van der Waals surface area (Å²) in [7, 11) is 0. The maximum absolute atomic E-state index is 11.7. The van der Waals surface area contributed by atoms with Crippen molar-refractivity contribution in [1.29, 1.82) is 0 Å². The highest BCUT2D eigenvalue weighted by molar-refractivity contribution is 5.87. The van der Waals surface area contributed by atoms with Crippen LogP contribution in [0.5, 0.6) is 0 Å². The van der Waals surface area contributed by atoms with E-state index in [4.69, 9.17) is 15.6 Å². The van der Waals surface area contributed by atoms with Crippen LogP contribution < -0.4 is 11.1 Å². The fraction of sp³-hybridized carbons (Fsp3) is 0.733. The van der Waals surface area contributed by atoms with Crippen molar-refractivity contribution in [2.45, 2.75) is 70.7 Å². The molecule has 120 valence electrons. The lowest BCUT2D eigenvalue weighted by molar-refractivity contribution is -0.133. The van der Waals surface area contributed by atoms with E-state index in [2.05, 4.69) is 5.32 Å². The molecule has 3 atom stereocenters. The Morgan fingerprint density at radius 3 is 2.52 bits per heavy atom. The molecule has 0 unspecified atom stereocenters. The van der Waals surface area contributed by atoms with Gasteiger partial charge in [-0.25, -0.2) is 4.79 Å². The van der Waals surface area contributed by atoms with Gasteiger partial charge in [0.25, 0.3) is 0 Å². The van der Waals surface area contributed by atoms with Gasteiger partial charge < -0.3 is 20.9 Å². The summed E-state index contributed by atoms with van der Waals surface area (Å²) in [5.41, 5.74) is 6.31. The van der Waals surface area contributed by atoms with Gasteiger partial charge >= 0.3 is 5.97 Å². The molecule has 6 heteroatoms. The summed E-state index contributed by atoms with van der Waals surface area (Å²) in [6, 6.07) is -0.850. The van der Waals surface area contributed by atoms with Crippen molar-refractivity contribution >= 4 is 11.9 Å². The van der Waals surface area contributed by atoms with E-state index in [0.29, 0.717) is 6.42 Å². The zero-order valence-corrected chi connectivity index (χ0v) is 13.0. The standard InChI is InChI=1S/C15H26N2O4/c1-4-10(5-2)21-12-8-9(15(19)20)7-11(16)14(12)17-13(18)6-3/h8,10-12,14H,4-7,16H2,1-3H3,(H,17,18)(H,19,20)/t11-,12+,14+/m0/s1. The van der Waals surface area contributed by atoms with Crippen molar-refractivity contribution in [2.75, 3.05) is 0 Å². The van der Waals surface area contributed by atoms with Crippen molar-refractivity contribution in [1.82, 2.24) is 5.32 Å². The molecule has 0 aromatic carbocycles. The van der Waals surface area contributed by atoms with Gasteiger partial charge in [0.1, 0.15) is 0 Å². The van der Waals surface area contributed by atoms with Crippen molar-refractivity contribution in [3.63, 3.8) is 0 Å². The average Bonchev–Trinajstić information content (AvgIpc) is 2.46. The Morgan fingerprint density at radius 1 is 1.43 bits per heavy atom. The molecule has 0 saturated carbocycles. The number of amides is 1. The lowest BCUT2D eigenvalue weighted by Crippen LogP contribution is -2.57. The first-order chi connectivity index (χ1) is 9.92. The molecule has 6 nitrogen and oxygen atoms in total. The fourth-order valence-electron chi connectivity index (χ4n) is 2.46. The second kappa shape index (κ2) is 8.14. The minimum atomic E-state index is -0.983. The Hall–Kier alpha value is -1.40. The molecule has 0 aromatic rings. The zero-order chi connectivity index (χ0) is 16.0. The number of carboxylic acids is 1. The van der Waals surface area contributed by atoms with Crippen LogP contribution in [0.3, 0.4) is 0 Å². The van der Waals surface area contributed by atoms with Gasteiger partial charge in [-0.15, -0.1) is 0 Å². The van der Waals surface area contributed by atoms with Crippen LogP contribution in [-0.2, 0) is 14.3 Å². The summed E-state index contributed by atoms with van der Waals surface area (Å²) in [6.45, 7) is 5.79.